The quantitative estimate of drug-likeness (QED) is 0.866. The van der Waals surface area contributed by atoms with Crippen LogP contribution in [0.15, 0.2) is 24.3 Å². The highest BCUT2D eigenvalue weighted by Gasteiger charge is 2.26. The molecule has 1 heterocycles. The largest absolute Gasteiger partial charge is 0.494 e. The molecule has 3 nitrogen and oxygen atoms in total. The molecule has 0 saturated carbocycles. The third-order valence-corrected chi connectivity index (χ3v) is 4.19. The Morgan fingerprint density at radius 1 is 1.40 bits per heavy atom. The number of piperidine rings is 1. The Balaban J connectivity index is 2.13. The maximum absolute atomic E-state index is 6.07. The van der Waals surface area contributed by atoms with Gasteiger partial charge >= 0.3 is 0 Å². The summed E-state index contributed by atoms with van der Waals surface area (Å²) in [4.78, 5) is 2.56. The first-order valence-corrected chi connectivity index (χ1v) is 7.94. The topological polar surface area (TPSA) is 38.5 Å². The van der Waals surface area contributed by atoms with Gasteiger partial charge < -0.3 is 10.5 Å². The molecule has 0 aliphatic carbocycles. The Hall–Kier alpha value is -1.06. The summed E-state index contributed by atoms with van der Waals surface area (Å²) in [7, 11) is 0. The molecule has 1 saturated heterocycles. The smallest absolute Gasteiger partial charge is 0.119 e. The molecule has 1 aromatic rings. The molecule has 0 spiro atoms. The lowest BCUT2D eigenvalue weighted by Gasteiger charge is -2.39. The molecule has 3 heteroatoms. The van der Waals surface area contributed by atoms with Crippen LogP contribution in [0.25, 0.3) is 0 Å². The van der Waals surface area contributed by atoms with Gasteiger partial charge in [-0.25, -0.2) is 0 Å². The van der Waals surface area contributed by atoms with E-state index in [2.05, 4.69) is 36.9 Å². The zero-order valence-electron chi connectivity index (χ0n) is 12.8. The zero-order chi connectivity index (χ0) is 14.4. The minimum Gasteiger partial charge on any atom is -0.494 e. The monoisotopic (exact) mass is 276 g/mol. The number of benzene rings is 1. The Kier molecular flexibility index (Phi) is 5.86. The summed E-state index contributed by atoms with van der Waals surface area (Å²) >= 11 is 0. The number of rotatable bonds is 6. The Labute approximate surface area is 123 Å². The van der Waals surface area contributed by atoms with Crippen LogP contribution in [0.1, 0.15) is 51.1 Å². The van der Waals surface area contributed by atoms with E-state index >= 15 is 0 Å². The van der Waals surface area contributed by atoms with Crippen LogP contribution in [0, 0.1) is 0 Å². The van der Waals surface area contributed by atoms with Crippen molar-refractivity contribution in [2.24, 2.45) is 5.73 Å². The van der Waals surface area contributed by atoms with Crippen molar-refractivity contribution in [2.75, 3.05) is 19.7 Å². The van der Waals surface area contributed by atoms with Crippen molar-refractivity contribution in [1.82, 2.24) is 4.90 Å². The molecule has 2 atom stereocenters. The minimum absolute atomic E-state index is 0.315. The maximum Gasteiger partial charge on any atom is 0.119 e. The first kappa shape index (κ1) is 15.3. The molecule has 0 radical (unpaired) electrons. The van der Waals surface area contributed by atoms with Crippen molar-refractivity contribution < 1.29 is 4.74 Å². The summed E-state index contributed by atoms with van der Waals surface area (Å²) in [6.07, 6.45) is 4.94. The molecule has 2 N–H and O–H groups in total. The summed E-state index contributed by atoms with van der Waals surface area (Å²) < 4.78 is 5.75. The number of nitrogens with two attached hydrogens (primary N) is 1. The van der Waals surface area contributed by atoms with Crippen LogP contribution in [-0.4, -0.2) is 30.6 Å². The van der Waals surface area contributed by atoms with Gasteiger partial charge in [-0.2, -0.15) is 0 Å². The van der Waals surface area contributed by atoms with Gasteiger partial charge in [-0.3, -0.25) is 4.90 Å². The second-order valence-corrected chi connectivity index (χ2v) is 5.76. The van der Waals surface area contributed by atoms with Gasteiger partial charge in [0.15, 0.2) is 0 Å². The lowest BCUT2D eigenvalue weighted by atomic mass is 9.97. The molecule has 2 rings (SSSR count). The molecule has 112 valence electrons. The van der Waals surface area contributed by atoms with Gasteiger partial charge in [-0.05, 0) is 50.4 Å². The molecular formula is C17H28N2O. The number of nitrogens with zero attached hydrogens (tertiary/aromatic N) is 1. The van der Waals surface area contributed by atoms with E-state index in [1.807, 2.05) is 6.07 Å². The van der Waals surface area contributed by atoms with Crippen LogP contribution in [0.2, 0.25) is 0 Å². The van der Waals surface area contributed by atoms with Crippen molar-refractivity contribution in [2.45, 2.75) is 51.6 Å². The normalized spacial score (nSPS) is 21.6. The van der Waals surface area contributed by atoms with E-state index in [0.717, 1.165) is 25.3 Å². The van der Waals surface area contributed by atoms with Crippen molar-refractivity contribution in [1.29, 1.82) is 0 Å². The molecule has 0 aromatic heterocycles. The van der Waals surface area contributed by atoms with Crippen LogP contribution in [0.3, 0.4) is 0 Å². The average molecular weight is 276 g/mol. The highest BCUT2D eigenvalue weighted by Crippen LogP contribution is 2.29. The van der Waals surface area contributed by atoms with E-state index < -0.39 is 0 Å². The zero-order valence-corrected chi connectivity index (χ0v) is 12.8. The highest BCUT2D eigenvalue weighted by molar-refractivity contribution is 5.31. The lowest BCUT2D eigenvalue weighted by molar-refractivity contribution is 0.108. The summed E-state index contributed by atoms with van der Waals surface area (Å²) in [5, 5.41) is 0. The number of hydrogen-bond acceptors (Lipinski definition) is 3. The van der Waals surface area contributed by atoms with Gasteiger partial charge in [0.2, 0.25) is 0 Å². The Bertz CT molecular complexity index is 408. The van der Waals surface area contributed by atoms with Crippen molar-refractivity contribution in [3.05, 3.63) is 29.8 Å². The SMILES string of the molecule is CCCOc1cccc(C(CN)N2CCCCC2C)c1. The Morgan fingerprint density at radius 2 is 2.25 bits per heavy atom. The molecule has 1 aromatic carbocycles. The number of ether oxygens (including phenoxy) is 1. The molecule has 20 heavy (non-hydrogen) atoms. The van der Waals surface area contributed by atoms with Crippen molar-refractivity contribution in [3.8, 4) is 5.75 Å². The molecule has 0 amide bonds. The molecule has 2 unspecified atom stereocenters. The predicted molar refractivity (Wildman–Crippen MR) is 84.0 cm³/mol. The number of hydrogen-bond donors (Lipinski definition) is 1. The van der Waals surface area contributed by atoms with E-state index in [1.165, 1.54) is 24.8 Å². The van der Waals surface area contributed by atoms with Crippen LogP contribution >= 0.6 is 0 Å². The molecular weight excluding hydrogens is 248 g/mol. The van der Waals surface area contributed by atoms with E-state index in [-0.39, 0.29) is 0 Å². The summed E-state index contributed by atoms with van der Waals surface area (Å²) in [6.45, 7) is 7.04. The van der Waals surface area contributed by atoms with Crippen LogP contribution in [0.5, 0.6) is 5.75 Å². The van der Waals surface area contributed by atoms with Crippen LogP contribution < -0.4 is 10.5 Å². The average Bonchev–Trinajstić information content (AvgIpc) is 2.48. The van der Waals surface area contributed by atoms with Crippen LogP contribution in [0.4, 0.5) is 0 Å². The van der Waals surface area contributed by atoms with Gasteiger partial charge in [0, 0.05) is 18.6 Å². The van der Waals surface area contributed by atoms with Gasteiger partial charge in [-0.1, -0.05) is 25.5 Å². The Morgan fingerprint density at radius 3 is 2.95 bits per heavy atom. The molecule has 1 aliphatic rings. The molecule has 1 aliphatic heterocycles. The predicted octanol–water partition coefficient (Wildman–Crippen LogP) is 3.35. The fourth-order valence-electron chi connectivity index (χ4n) is 3.08. The van der Waals surface area contributed by atoms with E-state index in [4.69, 9.17) is 10.5 Å². The van der Waals surface area contributed by atoms with Crippen molar-refractivity contribution in [3.63, 3.8) is 0 Å². The van der Waals surface area contributed by atoms with E-state index in [9.17, 15) is 0 Å². The van der Waals surface area contributed by atoms with Gasteiger partial charge in [0.25, 0.3) is 0 Å². The fourth-order valence-corrected chi connectivity index (χ4v) is 3.08. The van der Waals surface area contributed by atoms with Gasteiger partial charge in [0.1, 0.15) is 5.75 Å². The third-order valence-electron chi connectivity index (χ3n) is 4.19. The third kappa shape index (κ3) is 3.74. The first-order chi connectivity index (χ1) is 9.76. The standard InChI is InChI=1S/C17H28N2O/c1-3-11-20-16-9-6-8-15(12-16)17(13-18)19-10-5-4-7-14(19)2/h6,8-9,12,14,17H,3-5,7,10-11,13,18H2,1-2H3. The minimum atomic E-state index is 0.315. The summed E-state index contributed by atoms with van der Waals surface area (Å²) in [6, 6.07) is 9.39. The summed E-state index contributed by atoms with van der Waals surface area (Å²) in [5.41, 5.74) is 7.35. The van der Waals surface area contributed by atoms with E-state index in [1.54, 1.807) is 0 Å². The van der Waals surface area contributed by atoms with E-state index in [0.29, 0.717) is 18.6 Å². The van der Waals surface area contributed by atoms with Crippen molar-refractivity contribution >= 4 is 0 Å². The second kappa shape index (κ2) is 7.65. The fraction of sp³-hybridized carbons (Fsp3) is 0.647. The van der Waals surface area contributed by atoms with Gasteiger partial charge in [0.05, 0.1) is 6.61 Å². The van der Waals surface area contributed by atoms with Crippen LogP contribution in [-0.2, 0) is 0 Å². The van der Waals surface area contributed by atoms with Gasteiger partial charge in [-0.15, -0.1) is 0 Å². The number of likely N-dealkylation sites (tertiary alicyclic amines) is 1. The molecule has 0 bridgehead atoms. The second-order valence-electron chi connectivity index (χ2n) is 5.76. The highest BCUT2D eigenvalue weighted by atomic mass is 16.5. The lowest BCUT2D eigenvalue weighted by Crippen LogP contribution is -2.43. The maximum atomic E-state index is 6.07. The first-order valence-electron chi connectivity index (χ1n) is 7.94. The summed E-state index contributed by atoms with van der Waals surface area (Å²) in [5.74, 6) is 0.965. The molecule has 1 fully saturated rings.